The molecule has 0 saturated carbocycles. The lowest BCUT2D eigenvalue weighted by Gasteiger charge is -2.09. The van der Waals surface area contributed by atoms with Crippen molar-refractivity contribution in [2.24, 2.45) is 0 Å². The van der Waals surface area contributed by atoms with Crippen LogP contribution in [0.5, 0.6) is 0 Å². The normalized spacial score (nSPS) is 12.7. The molecule has 1 heterocycles. The minimum Gasteiger partial charge on any atom is -0.260 e. The Labute approximate surface area is 140 Å². The van der Waals surface area contributed by atoms with Crippen molar-refractivity contribution in [2.75, 3.05) is 0 Å². The standard InChI is InChI=1S/C21H15FN2/c22-20-7-2-1-6-19(20)17-11-16-10-14-4-3-5-15(12-23)18(14)8-9-21(16)24-13-17/h1-7,11,13H,8-10H2. The van der Waals surface area contributed by atoms with Gasteiger partial charge in [-0.2, -0.15) is 5.26 Å². The maximum atomic E-state index is 14.1. The van der Waals surface area contributed by atoms with E-state index in [2.05, 4.69) is 17.1 Å². The highest BCUT2D eigenvalue weighted by molar-refractivity contribution is 5.64. The average Bonchev–Trinajstić information content (AvgIpc) is 2.80. The highest BCUT2D eigenvalue weighted by Crippen LogP contribution is 2.29. The number of fused-ring (bicyclic) bond motifs is 2. The third kappa shape index (κ3) is 2.47. The van der Waals surface area contributed by atoms with Crippen molar-refractivity contribution in [1.82, 2.24) is 4.98 Å². The molecule has 1 aromatic heterocycles. The SMILES string of the molecule is N#Cc1cccc2c1CCc1ncc(-c3ccccc3F)cc1C2. The molecule has 1 aliphatic rings. The van der Waals surface area contributed by atoms with Gasteiger partial charge in [-0.25, -0.2) is 4.39 Å². The maximum Gasteiger partial charge on any atom is 0.131 e. The molecular weight excluding hydrogens is 299 g/mol. The Morgan fingerprint density at radius 3 is 2.71 bits per heavy atom. The number of nitriles is 1. The molecule has 0 amide bonds. The second kappa shape index (κ2) is 5.90. The lowest BCUT2D eigenvalue weighted by molar-refractivity contribution is 0.631. The highest BCUT2D eigenvalue weighted by atomic mass is 19.1. The number of nitrogens with zero attached hydrogens (tertiary/aromatic N) is 2. The molecule has 0 radical (unpaired) electrons. The number of halogens is 1. The van der Waals surface area contributed by atoms with Crippen LogP contribution in [0.1, 0.15) is 27.9 Å². The molecule has 2 nitrogen and oxygen atoms in total. The van der Waals surface area contributed by atoms with E-state index in [-0.39, 0.29) is 5.82 Å². The van der Waals surface area contributed by atoms with Gasteiger partial charge in [-0.05, 0) is 54.2 Å². The van der Waals surface area contributed by atoms with Gasteiger partial charge >= 0.3 is 0 Å². The summed E-state index contributed by atoms with van der Waals surface area (Å²) in [6, 6.07) is 17.0. The summed E-state index contributed by atoms with van der Waals surface area (Å²) in [5, 5.41) is 9.32. The number of aryl methyl sites for hydroxylation is 1. The molecule has 0 aliphatic heterocycles. The molecule has 2 aromatic carbocycles. The Morgan fingerprint density at radius 1 is 1.00 bits per heavy atom. The quantitative estimate of drug-likeness (QED) is 0.665. The molecule has 0 bridgehead atoms. The van der Waals surface area contributed by atoms with Gasteiger partial charge in [0, 0.05) is 23.0 Å². The molecule has 3 aromatic rings. The Kier molecular flexibility index (Phi) is 3.59. The van der Waals surface area contributed by atoms with E-state index >= 15 is 0 Å². The number of rotatable bonds is 1. The second-order valence-electron chi connectivity index (χ2n) is 6.04. The van der Waals surface area contributed by atoms with E-state index < -0.39 is 0 Å². The summed E-state index contributed by atoms with van der Waals surface area (Å²) < 4.78 is 14.1. The topological polar surface area (TPSA) is 36.7 Å². The molecule has 3 heteroatoms. The summed E-state index contributed by atoms with van der Waals surface area (Å²) in [5.41, 5.74) is 6.55. The van der Waals surface area contributed by atoms with Crippen LogP contribution in [0.15, 0.2) is 54.7 Å². The van der Waals surface area contributed by atoms with Gasteiger partial charge in [0.1, 0.15) is 5.82 Å². The monoisotopic (exact) mass is 314 g/mol. The lowest BCUT2D eigenvalue weighted by Crippen LogP contribution is -1.98. The van der Waals surface area contributed by atoms with E-state index in [1.807, 2.05) is 24.3 Å². The summed E-state index contributed by atoms with van der Waals surface area (Å²) >= 11 is 0. The summed E-state index contributed by atoms with van der Waals surface area (Å²) in [6.45, 7) is 0. The van der Waals surface area contributed by atoms with Gasteiger partial charge in [0.15, 0.2) is 0 Å². The third-order valence-corrected chi connectivity index (χ3v) is 4.63. The fourth-order valence-corrected chi connectivity index (χ4v) is 3.41. The van der Waals surface area contributed by atoms with Crippen molar-refractivity contribution in [3.05, 3.63) is 88.5 Å². The van der Waals surface area contributed by atoms with Crippen molar-refractivity contribution < 1.29 is 4.39 Å². The van der Waals surface area contributed by atoms with Gasteiger partial charge in [-0.3, -0.25) is 4.98 Å². The molecule has 116 valence electrons. The minimum atomic E-state index is -0.236. The van der Waals surface area contributed by atoms with Crippen LogP contribution in [0.4, 0.5) is 4.39 Å². The molecule has 0 fully saturated rings. The van der Waals surface area contributed by atoms with Crippen molar-refractivity contribution in [3.63, 3.8) is 0 Å². The first-order valence-electron chi connectivity index (χ1n) is 8.00. The molecule has 0 atom stereocenters. The zero-order valence-electron chi connectivity index (χ0n) is 13.1. The Morgan fingerprint density at radius 2 is 1.88 bits per heavy atom. The minimum absolute atomic E-state index is 0.236. The number of pyridine rings is 1. The van der Waals surface area contributed by atoms with Crippen LogP contribution in [-0.2, 0) is 19.3 Å². The van der Waals surface area contributed by atoms with Crippen molar-refractivity contribution >= 4 is 0 Å². The zero-order chi connectivity index (χ0) is 16.5. The predicted molar refractivity (Wildman–Crippen MR) is 91.0 cm³/mol. The van der Waals surface area contributed by atoms with E-state index in [1.54, 1.807) is 18.3 Å². The summed E-state index contributed by atoms with van der Waals surface area (Å²) in [4.78, 5) is 4.59. The number of aromatic nitrogens is 1. The first-order chi connectivity index (χ1) is 11.8. The van der Waals surface area contributed by atoms with Crippen molar-refractivity contribution in [2.45, 2.75) is 19.3 Å². The number of hydrogen-bond donors (Lipinski definition) is 0. The fourth-order valence-electron chi connectivity index (χ4n) is 3.41. The second-order valence-corrected chi connectivity index (χ2v) is 6.04. The van der Waals surface area contributed by atoms with Crippen LogP contribution in [0, 0.1) is 17.1 Å². The predicted octanol–water partition coefficient (Wildman–Crippen LogP) is 4.45. The number of benzene rings is 2. The zero-order valence-corrected chi connectivity index (χ0v) is 13.1. The van der Waals surface area contributed by atoms with E-state index in [0.717, 1.165) is 47.2 Å². The Bertz CT molecular complexity index is 970. The van der Waals surface area contributed by atoms with Gasteiger partial charge < -0.3 is 0 Å². The van der Waals surface area contributed by atoms with Gasteiger partial charge in [0.25, 0.3) is 0 Å². The molecule has 0 saturated heterocycles. The Balaban J connectivity index is 1.80. The largest absolute Gasteiger partial charge is 0.260 e. The van der Waals surface area contributed by atoms with E-state index in [4.69, 9.17) is 0 Å². The van der Waals surface area contributed by atoms with Crippen molar-refractivity contribution in [3.8, 4) is 17.2 Å². The fraction of sp³-hybridized carbons (Fsp3) is 0.143. The highest BCUT2D eigenvalue weighted by Gasteiger charge is 2.18. The molecule has 1 aliphatic carbocycles. The molecule has 4 rings (SSSR count). The van der Waals surface area contributed by atoms with Crippen LogP contribution >= 0.6 is 0 Å². The first kappa shape index (κ1) is 14.6. The van der Waals surface area contributed by atoms with Crippen LogP contribution in [0.2, 0.25) is 0 Å². The third-order valence-electron chi connectivity index (χ3n) is 4.63. The first-order valence-corrected chi connectivity index (χ1v) is 8.00. The molecule has 0 unspecified atom stereocenters. The van der Waals surface area contributed by atoms with E-state index in [9.17, 15) is 9.65 Å². The molecule has 0 spiro atoms. The summed E-state index contributed by atoms with van der Waals surface area (Å²) in [6.07, 6.45) is 4.10. The van der Waals surface area contributed by atoms with Gasteiger partial charge in [-0.15, -0.1) is 0 Å². The lowest BCUT2D eigenvalue weighted by atomic mass is 9.96. The van der Waals surface area contributed by atoms with E-state index in [1.165, 1.54) is 11.6 Å². The van der Waals surface area contributed by atoms with Crippen LogP contribution < -0.4 is 0 Å². The molecular formula is C21H15FN2. The summed E-state index contributed by atoms with van der Waals surface area (Å²) in [7, 11) is 0. The van der Waals surface area contributed by atoms with Gasteiger partial charge in [-0.1, -0.05) is 30.3 Å². The summed E-state index contributed by atoms with van der Waals surface area (Å²) in [5.74, 6) is -0.236. The van der Waals surface area contributed by atoms with E-state index in [0.29, 0.717) is 5.56 Å². The number of hydrogen-bond acceptors (Lipinski definition) is 2. The smallest absolute Gasteiger partial charge is 0.131 e. The van der Waals surface area contributed by atoms with Crippen molar-refractivity contribution in [1.29, 1.82) is 5.26 Å². The van der Waals surface area contributed by atoms with Crippen LogP contribution in [-0.4, -0.2) is 4.98 Å². The molecule has 24 heavy (non-hydrogen) atoms. The van der Waals surface area contributed by atoms with Gasteiger partial charge in [0.2, 0.25) is 0 Å². The Hall–Kier alpha value is -2.99. The molecule has 0 N–H and O–H groups in total. The van der Waals surface area contributed by atoms with Crippen LogP contribution in [0.3, 0.4) is 0 Å². The average molecular weight is 314 g/mol. The van der Waals surface area contributed by atoms with Gasteiger partial charge in [0.05, 0.1) is 11.6 Å². The maximum absolute atomic E-state index is 14.1. The van der Waals surface area contributed by atoms with Crippen LogP contribution in [0.25, 0.3) is 11.1 Å².